The van der Waals surface area contributed by atoms with E-state index in [2.05, 4.69) is 10.3 Å². The Morgan fingerprint density at radius 2 is 1.90 bits per heavy atom. The second-order valence-electron chi connectivity index (χ2n) is 7.95. The Labute approximate surface area is 172 Å². The van der Waals surface area contributed by atoms with E-state index in [1.807, 2.05) is 4.90 Å². The number of piperidine rings is 2. The summed E-state index contributed by atoms with van der Waals surface area (Å²) in [6.45, 7) is 2.83. The monoisotopic (exact) mass is 415 g/mol. The Morgan fingerprint density at radius 1 is 1.17 bits per heavy atom. The maximum Gasteiger partial charge on any atom is 0.248 e. The molecule has 2 aliphatic rings. The number of anilines is 1. The first-order valence-electron chi connectivity index (χ1n) is 10.1. The molecule has 2 N–H and O–H groups in total. The third kappa shape index (κ3) is 3.74. The first kappa shape index (κ1) is 20.3. The minimum Gasteiger partial charge on any atom is -0.491 e. The molecule has 0 aliphatic carbocycles. The zero-order valence-corrected chi connectivity index (χ0v) is 16.6. The summed E-state index contributed by atoms with van der Waals surface area (Å²) in [6.07, 6.45) is 3.57. The topological polar surface area (TPSA) is 82.5 Å². The van der Waals surface area contributed by atoms with E-state index in [1.165, 1.54) is 12.3 Å². The average Bonchev–Trinajstić information content (AvgIpc) is 2.72. The lowest BCUT2D eigenvalue weighted by molar-refractivity contribution is -0.134. The average molecular weight is 415 g/mol. The summed E-state index contributed by atoms with van der Waals surface area (Å²) < 4.78 is 28.8. The summed E-state index contributed by atoms with van der Waals surface area (Å²) in [4.78, 5) is 29.0. The zero-order chi connectivity index (χ0) is 21.4. The van der Waals surface area contributed by atoms with E-state index in [-0.39, 0.29) is 24.2 Å². The molecule has 2 aliphatic heterocycles. The van der Waals surface area contributed by atoms with Gasteiger partial charge in [0.05, 0.1) is 11.6 Å². The highest BCUT2D eigenvalue weighted by Gasteiger charge is 2.30. The van der Waals surface area contributed by atoms with E-state index in [9.17, 15) is 23.5 Å². The molecule has 1 atom stereocenters. The normalized spacial score (nSPS) is 20.4. The smallest absolute Gasteiger partial charge is 0.248 e. The molecule has 3 heterocycles. The number of hydrogen-bond acceptors (Lipinski definition) is 5. The van der Waals surface area contributed by atoms with Crippen molar-refractivity contribution < 1.29 is 23.5 Å². The van der Waals surface area contributed by atoms with Crippen LogP contribution >= 0.6 is 0 Å². The molecule has 4 rings (SSSR count). The zero-order valence-electron chi connectivity index (χ0n) is 16.6. The molecule has 2 fully saturated rings. The molecule has 2 amide bonds. The fraction of sp³-hybridized carbons (Fsp3) is 0.409. The minimum absolute atomic E-state index is 0.0923. The molecule has 1 aromatic carbocycles. The van der Waals surface area contributed by atoms with Gasteiger partial charge in [-0.25, -0.2) is 13.8 Å². The van der Waals surface area contributed by atoms with Crippen LogP contribution in [0.5, 0.6) is 5.88 Å². The van der Waals surface area contributed by atoms with Gasteiger partial charge in [0.1, 0.15) is 5.82 Å². The van der Waals surface area contributed by atoms with Gasteiger partial charge < -0.3 is 10.0 Å². The van der Waals surface area contributed by atoms with E-state index in [4.69, 9.17) is 0 Å². The maximum absolute atomic E-state index is 14.8. The van der Waals surface area contributed by atoms with Crippen molar-refractivity contribution in [3.63, 3.8) is 0 Å². The van der Waals surface area contributed by atoms with Gasteiger partial charge in [0, 0.05) is 25.7 Å². The van der Waals surface area contributed by atoms with Gasteiger partial charge in [-0.2, -0.15) is 0 Å². The summed E-state index contributed by atoms with van der Waals surface area (Å²) in [5.74, 6) is -2.79. The van der Waals surface area contributed by atoms with Gasteiger partial charge in [-0.15, -0.1) is 0 Å². The largest absolute Gasteiger partial charge is 0.491 e. The van der Waals surface area contributed by atoms with Gasteiger partial charge in [0.25, 0.3) is 0 Å². The third-order valence-corrected chi connectivity index (χ3v) is 6.17. The van der Waals surface area contributed by atoms with Crippen molar-refractivity contribution in [2.45, 2.75) is 44.4 Å². The van der Waals surface area contributed by atoms with Gasteiger partial charge in [0.15, 0.2) is 5.82 Å². The van der Waals surface area contributed by atoms with E-state index >= 15 is 0 Å². The highest BCUT2D eigenvalue weighted by atomic mass is 19.1. The maximum atomic E-state index is 14.8. The molecular weight excluding hydrogens is 392 g/mol. The molecule has 0 spiro atoms. The second kappa shape index (κ2) is 8.01. The fourth-order valence-corrected chi connectivity index (χ4v) is 4.43. The molecule has 30 heavy (non-hydrogen) atoms. The molecule has 0 saturated carbocycles. The number of benzene rings is 1. The number of rotatable bonds is 3. The highest BCUT2D eigenvalue weighted by Crippen LogP contribution is 2.35. The van der Waals surface area contributed by atoms with Gasteiger partial charge >= 0.3 is 0 Å². The first-order chi connectivity index (χ1) is 14.3. The van der Waals surface area contributed by atoms with Crippen LogP contribution in [0.2, 0.25) is 0 Å². The molecule has 1 aromatic heterocycles. The summed E-state index contributed by atoms with van der Waals surface area (Å²) >= 11 is 0. The van der Waals surface area contributed by atoms with Crippen LogP contribution in [0.15, 0.2) is 24.4 Å². The van der Waals surface area contributed by atoms with Crippen LogP contribution in [0.1, 0.15) is 54.2 Å². The molecule has 8 heteroatoms. The number of nitrogens with one attached hydrogen (secondary N) is 1. The summed E-state index contributed by atoms with van der Waals surface area (Å²) in [5, 5.41) is 11.7. The predicted molar refractivity (Wildman–Crippen MR) is 106 cm³/mol. The van der Waals surface area contributed by atoms with E-state index in [0.29, 0.717) is 49.2 Å². The third-order valence-electron chi connectivity index (χ3n) is 6.17. The van der Waals surface area contributed by atoms with Gasteiger partial charge in [-0.3, -0.25) is 14.9 Å². The van der Waals surface area contributed by atoms with Crippen molar-refractivity contribution in [3.05, 3.63) is 52.7 Å². The van der Waals surface area contributed by atoms with E-state index < -0.39 is 23.4 Å². The van der Waals surface area contributed by atoms with Crippen molar-refractivity contribution in [2.75, 3.05) is 18.0 Å². The van der Waals surface area contributed by atoms with Gasteiger partial charge in [-0.1, -0.05) is 6.07 Å². The first-order valence-corrected chi connectivity index (χ1v) is 10.1. The van der Waals surface area contributed by atoms with Crippen LogP contribution in [-0.2, 0) is 9.59 Å². The summed E-state index contributed by atoms with van der Waals surface area (Å²) in [5.41, 5.74) is 2.22. The number of carbonyl (C=O) groups is 2. The number of nitrogens with zero attached hydrogens (tertiary/aromatic N) is 2. The van der Waals surface area contributed by atoms with Crippen LogP contribution in [0.25, 0.3) is 0 Å². The Hall–Kier alpha value is -3.03. The lowest BCUT2D eigenvalue weighted by Gasteiger charge is -2.34. The van der Waals surface area contributed by atoms with Crippen LogP contribution < -0.4 is 10.2 Å². The number of aromatic nitrogens is 1. The number of hydrogen-bond donors (Lipinski definition) is 2. The number of aromatic hydroxyl groups is 1. The fourth-order valence-electron chi connectivity index (χ4n) is 4.43. The molecule has 0 bridgehead atoms. The van der Waals surface area contributed by atoms with Crippen molar-refractivity contribution in [3.8, 4) is 5.88 Å². The Balaban J connectivity index is 1.46. The Bertz CT molecular complexity index is 1000. The van der Waals surface area contributed by atoms with Crippen molar-refractivity contribution in [2.24, 2.45) is 0 Å². The lowest BCUT2D eigenvalue weighted by atomic mass is 9.87. The van der Waals surface area contributed by atoms with Crippen LogP contribution in [0.4, 0.5) is 14.5 Å². The Morgan fingerprint density at radius 3 is 2.57 bits per heavy atom. The number of amides is 2. The minimum atomic E-state index is -0.690. The van der Waals surface area contributed by atoms with Crippen molar-refractivity contribution in [1.29, 1.82) is 0 Å². The molecule has 2 aromatic rings. The Kier molecular flexibility index (Phi) is 5.40. The lowest BCUT2D eigenvalue weighted by Crippen LogP contribution is -2.39. The van der Waals surface area contributed by atoms with Gasteiger partial charge in [-0.05, 0) is 60.9 Å². The molecule has 6 nitrogen and oxygen atoms in total. The van der Waals surface area contributed by atoms with Crippen LogP contribution in [0, 0.1) is 18.6 Å². The molecule has 1 unspecified atom stereocenters. The van der Waals surface area contributed by atoms with Gasteiger partial charge in [0.2, 0.25) is 17.7 Å². The number of carbonyl (C=O) groups excluding carboxylic acids is 2. The number of pyridine rings is 1. The quantitative estimate of drug-likeness (QED) is 0.752. The van der Waals surface area contributed by atoms with Crippen molar-refractivity contribution >= 4 is 17.5 Å². The summed E-state index contributed by atoms with van der Waals surface area (Å²) in [6, 6.07) is 4.81. The molecule has 0 radical (unpaired) electrons. The molecular formula is C22H23F2N3O3. The molecule has 2 saturated heterocycles. The van der Waals surface area contributed by atoms with Crippen molar-refractivity contribution in [1.82, 2.24) is 10.3 Å². The molecule has 158 valence electrons. The highest BCUT2D eigenvalue weighted by molar-refractivity contribution is 6.00. The number of imide groups is 1. The van der Waals surface area contributed by atoms with E-state index in [1.54, 1.807) is 19.1 Å². The predicted octanol–water partition coefficient (Wildman–Crippen LogP) is 3.28. The van der Waals surface area contributed by atoms with Crippen LogP contribution in [-0.4, -0.2) is 35.0 Å². The second-order valence-corrected chi connectivity index (χ2v) is 7.95. The number of halogens is 2. The summed E-state index contributed by atoms with van der Waals surface area (Å²) in [7, 11) is 0. The van der Waals surface area contributed by atoms with E-state index in [0.717, 1.165) is 5.56 Å². The van der Waals surface area contributed by atoms with Crippen LogP contribution in [0.3, 0.4) is 0 Å². The standard InChI is InChI=1S/C22H23F2N3O3/c1-12-16(11-25-22(30)20(12)24)13-6-8-27(9-7-13)18-4-2-14(10-17(18)23)15-3-5-19(28)26-21(15)29/h2,4,10-11,13,15H,3,5-9H2,1H3,(H,25,30)(H,26,28,29). The SMILES string of the molecule is Cc1c(C2CCN(c3ccc(C4CCC(=O)NC4=O)cc3F)CC2)cnc(O)c1F.